The molecule has 0 aliphatic carbocycles. The van der Waals surface area contributed by atoms with Crippen LogP contribution < -0.4 is 14.4 Å². The minimum absolute atomic E-state index is 0.0285. The van der Waals surface area contributed by atoms with Crippen LogP contribution in [0.25, 0.3) is 0 Å². The number of hydrogen-bond acceptors (Lipinski definition) is 17. The third-order valence-electron chi connectivity index (χ3n) is 9.74. The molecule has 1 N–H and O–H groups in total. The summed E-state index contributed by atoms with van der Waals surface area (Å²) in [6.45, 7) is 2.57. The van der Waals surface area contributed by atoms with Gasteiger partial charge in [0.25, 0.3) is 10.2 Å². The molecular weight excluding hydrogens is 752 g/mol. The fourth-order valence-corrected chi connectivity index (χ4v) is 7.02. The summed E-state index contributed by atoms with van der Waals surface area (Å²) in [7, 11) is 3.26. The van der Waals surface area contributed by atoms with E-state index in [1.165, 1.54) is 0 Å². The van der Waals surface area contributed by atoms with Crippen LogP contribution in [-0.2, 0) is 40.1 Å². The van der Waals surface area contributed by atoms with Gasteiger partial charge in [0.15, 0.2) is 6.10 Å². The molecule has 1 amide bonds. The van der Waals surface area contributed by atoms with Crippen molar-refractivity contribution in [2.45, 2.75) is 75.7 Å². The Bertz CT molecular complexity index is 1750. The average Bonchev–Trinajstić information content (AvgIpc) is 3.76. The average molecular weight is 801 g/mol. The number of nitrogens with zero attached hydrogens (tertiary/aromatic N) is 7. The molecule has 4 atom stereocenters. The lowest BCUT2D eigenvalue weighted by Crippen LogP contribution is -2.53. The van der Waals surface area contributed by atoms with Gasteiger partial charge in [-0.05, 0) is 61.1 Å². The smallest absolute Gasteiger partial charge is 0.306 e. The Labute approximate surface area is 328 Å². The van der Waals surface area contributed by atoms with Crippen LogP contribution >= 0.6 is 0 Å². The minimum Gasteiger partial charge on any atom is -0.497 e. The fourth-order valence-electron chi connectivity index (χ4n) is 7.02. The number of aromatic amines is 1. The van der Waals surface area contributed by atoms with Crippen molar-refractivity contribution >= 4 is 17.6 Å². The molecule has 0 bridgehead atoms. The normalized spacial score (nSPS) is 18.2. The fraction of sp³-hybridized carbons (Fsp3) is 0.583. The van der Waals surface area contributed by atoms with Crippen molar-refractivity contribution < 1.29 is 53.1 Å². The number of esters is 1. The molecule has 4 unspecified atom stereocenters. The minimum atomic E-state index is -1.05. The van der Waals surface area contributed by atoms with Crippen LogP contribution in [0.1, 0.15) is 73.9 Å². The lowest BCUT2D eigenvalue weighted by molar-refractivity contribution is -0.757. The molecule has 0 radical (unpaired) electrons. The van der Waals surface area contributed by atoms with E-state index < -0.39 is 34.4 Å². The van der Waals surface area contributed by atoms with Gasteiger partial charge in [0.2, 0.25) is 11.7 Å². The van der Waals surface area contributed by atoms with Crippen LogP contribution in [-0.4, -0.2) is 120 Å². The van der Waals surface area contributed by atoms with Crippen LogP contribution in [0.15, 0.2) is 42.5 Å². The summed E-state index contributed by atoms with van der Waals surface area (Å²) in [5.74, 6) is 0.290. The third-order valence-corrected chi connectivity index (χ3v) is 9.74. The predicted molar refractivity (Wildman–Crippen MR) is 197 cm³/mol. The molecule has 1 aromatic heterocycles. The van der Waals surface area contributed by atoms with E-state index in [0.717, 1.165) is 42.1 Å². The van der Waals surface area contributed by atoms with Gasteiger partial charge in [0.05, 0.1) is 45.3 Å². The zero-order valence-electron chi connectivity index (χ0n) is 31.9. The second kappa shape index (κ2) is 21.5. The molecule has 2 aliphatic rings. The number of H-pyrrole nitrogens is 1. The maximum Gasteiger partial charge on any atom is 0.306 e. The maximum absolute atomic E-state index is 14.0. The first-order valence-corrected chi connectivity index (χ1v) is 18.7. The molecule has 21 nitrogen and oxygen atoms in total. The van der Waals surface area contributed by atoms with Gasteiger partial charge in [-0.1, -0.05) is 23.4 Å². The van der Waals surface area contributed by atoms with Crippen molar-refractivity contribution in [3.63, 3.8) is 0 Å². The third kappa shape index (κ3) is 12.6. The van der Waals surface area contributed by atoms with Crippen LogP contribution in [0, 0.1) is 20.2 Å². The Morgan fingerprint density at radius 3 is 2.44 bits per heavy atom. The number of aromatic nitrogens is 4. The highest BCUT2D eigenvalue weighted by Gasteiger charge is 2.41. The summed E-state index contributed by atoms with van der Waals surface area (Å²) in [5.41, 5.74) is 2.81. The van der Waals surface area contributed by atoms with E-state index in [4.69, 9.17) is 23.7 Å². The number of fused-ring (bicyclic) bond motifs is 1. The first-order valence-electron chi connectivity index (χ1n) is 18.7. The number of carbonyl (C=O) groups is 2. The van der Waals surface area contributed by atoms with E-state index in [2.05, 4.69) is 41.3 Å². The summed E-state index contributed by atoms with van der Waals surface area (Å²) < 4.78 is 29.1. The largest absolute Gasteiger partial charge is 0.497 e. The molecule has 1 saturated heterocycles. The van der Waals surface area contributed by atoms with E-state index >= 15 is 0 Å². The molecule has 1 fully saturated rings. The number of anilines is 1. The van der Waals surface area contributed by atoms with Crippen molar-refractivity contribution in [3.05, 3.63) is 79.6 Å². The molecular formula is C36H48N8O13. The number of methoxy groups -OCH3 is 2. The Kier molecular flexibility index (Phi) is 15.9. The highest BCUT2D eigenvalue weighted by atomic mass is 17.0. The Morgan fingerprint density at radius 2 is 1.75 bits per heavy atom. The number of rotatable bonds is 23. The number of tetrazole rings is 1. The van der Waals surface area contributed by atoms with Crippen LogP contribution in [0.4, 0.5) is 5.69 Å². The van der Waals surface area contributed by atoms with Gasteiger partial charge >= 0.3 is 5.97 Å². The van der Waals surface area contributed by atoms with E-state index in [-0.39, 0.29) is 76.1 Å². The number of benzene rings is 2. The van der Waals surface area contributed by atoms with E-state index in [9.17, 15) is 29.8 Å². The number of hydrogen-bond donors (Lipinski definition) is 1. The summed E-state index contributed by atoms with van der Waals surface area (Å²) in [4.78, 5) is 61.0. The molecule has 0 saturated carbocycles. The summed E-state index contributed by atoms with van der Waals surface area (Å²) in [5, 5.41) is 33.6. The van der Waals surface area contributed by atoms with Crippen molar-refractivity contribution in [2.75, 3.05) is 65.2 Å². The molecule has 57 heavy (non-hydrogen) atoms. The Balaban J connectivity index is 1.40. The van der Waals surface area contributed by atoms with Crippen molar-refractivity contribution in [3.8, 4) is 11.5 Å². The zero-order chi connectivity index (χ0) is 40.6. The Hall–Kier alpha value is -5.83. The van der Waals surface area contributed by atoms with E-state index in [1.54, 1.807) is 19.1 Å². The van der Waals surface area contributed by atoms with Gasteiger partial charge in [-0.25, -0.2) is 0 Å². The van der Waals surface area contributed by atoms with Crippen LogP contribution in [0.2, 0.25) is 0 Å². The highest BCUT2D eigenvalue weighted by Crippen LogP contribution is 2.39. The van der Waals surface area contributed by atoms with Gasteiger partial charge in [0.1, 0.15) is 18.1 Å². The van der Waals surface area contributed by atoms with Gasteiger partial charge in [0, 0.05) is 58.0 Å². The summed E-state index contributed by atoms with van der Waals surface area (Å²) in [6, 6.07) is 13.0. The lowest BCUT2D eigenvalue weighted by atomic mass is 9.81. The predicted octanol–water partition coefficient (Wildman–Crippen LogP) is 3.37. The number of nitrogens with one attached hydrogen (secondary N) is 1. The topological polar surface area (TPSA) is 246 Å². The lowest BCUT2D eigenvalue weighted by Gasteiger charge is -2.45. The van der Waals surface area contributed by atoms with Gasteiger partial charge in [-0.2, -0.15) is 5.21 Å². The van der Waals surface area contributed by atoms with Gasteiger partial charge < -0.3 is 43.2 Å². The van der Waals surface area contributed by atoms with Crippen LogP contribution in [0.3, 0.4) is 0 Å². The molecule has 2 aliphatic heterocycles. The van der Waals surface area contributed by atoms with E-state index in [1.807, 2.05) is 36.4 Å². The number of carbonyl (C=O) groups excluding carboxylic acids is 2. The van der Waals surface area contributed by atoms with Gasteiger partial charge in [-0.3, -0.25) is 9.59 Å². The SMILES string of the molecule is COCCCN1CCOc2ccc(COC3CN(C(=O)CCCO[N+](=O)[O-])C(CC(OC(=O)CCCO[N+](=O)[O-])c4nn[nH]n4)CC3c3ccc(OC)cc3)cc21. The molecule has 2 aromatic carbocycles. The summed E-state index contributed by atoms with van der Waals surface area (Å²) >= 11 is 0. The summed E-state index contributed by atoms with van der Waals surface area (Å²) in [6.07, 6.45) is -0.399. The van der Waals surface area contributed by atoms with Gasteiger partial charge in [-0.15, -0.1) is 30.4 Å². The Morgan fingerprint density at radius 1 is 1.00 bits per heavy atom. The highest BCUT2D eigenvalue weighted by molar-refractivity contribution is 5.77. The monoisotopic (exact) mass is 800 g/mol. The molecule has 3 heterocycles. The second-order valence-corrected chi connectivity index (χ2v) is 13.5. The van der Waals surface area contributed by atoms with E-state index in [0.29, 0.717) is 25.4 Å². The molecule has 21 heteroatoms. The van der Waals surface area contributed by atoms with Crippen LogP contribution in [0.5, 0.6) is 11.5 Å². The molecule has 3 aromatic rings. The zero-order valence-corrected chi connectivity index (χ0v) is 31.9. The first-order chi connectivity index (χ1) is 27.6. The standard InChI is InChI=1S/C36H48N8O13/c1-51-16-5-14-41-15-19-53-31-13-8-25(20-30(31)41)24-54-33-23-42(34(45)6-3-17-55-43(47)48)27(21-29(33)26-9-11-28(52-2)12-10-26)22-32(36-37-39-40-38-36)57-35(46)7-4-18-56-44(49)50/h8-13,20,27,29,32-33H,3-7,14-19,21-24H2,1-2H3,(H,37,38,39,40). The molecule has 5 rings (SSSR count). The molecule has 0 spiro atoms. The molecule has 310 valence electrons. The quantitative estimate of drug-likeness (QED) is 0.0625. The number of ether oxygens (including phenoxy) is 5. The maximum atomic E-state index is 14.0. The second-order valence-electron chi connectivity index (χ2n) is 13.5. The number of likely N-dealkylation sites (tertiary alicyclic amines) is 1. The first kappa shape index (κ1) is 42.3. The van der Waals surface area contributed by atoms with Crippen molar-refractivity contribution in [1.29, 1.82) is 0 Å². The number of piperidine rings is 1. The van der Waals surface area contributed by atoms with Crippen molar-refractivity contribution in [1.82, 2.24) is 25.5 Å². The van der Waals surface area contributed by atoms with Crippen molar-refractivity contribution in [2.24, 2.45) is 0 Å². The number of amides is 1.